The van der Waals surface area contributed by atoms with Crippen molar-refractivity contribution < 1.29 is 27.1 Å². The van der Waals surface area contributed by atoms with Crippen LogP contribution in [0.15, 0.2) is 158 Å². The molecule has 0 saturated heterocycles. The maximum absolute atomic E-state index is 14.1. The Labute approximate surface area is 641 Å². The van der Waals surface area contributed by atoms with Gasteiger partial charge in [0.25, 0.3) is 0 Å². The molecular formula is C101H125F5O. The summed E-state index contributed by atoms with van der Waals surface area (Å²) in [5.74, 6) is 11.1. The Balaban J connectivity index is 0.000000114. The molecule has 0 aliphatic heterocycles. The zero-order chi connectivity index (χ0) is 77.6. The van der Waals surface area contributed by atoms with E-state index in [1.54, 1.807) is 30.2 Å². The van der Waals surface area contributed by atoms with Crippen molar-refractivity contribution in [3.63, 3.8) is 0 Å². The molecule has 12 aliphatic rings. The molecule has 6 saturated carbocycles. The predicted octanol–water partition coefficient (Wildman–Crippen LogP) is 27.5. The average molecular weight is 1450 g/mol. The minimum atomic E-state index is -0.702. The van der Waals surface area contributed by atoms with Gasteiger partial charge in [0.2, 0.25) is 0 Å². The van der Waals surface area contributed by atoms with E-state index in [2.05, 4.69) is 236 Å². The number of aryl methyl sites for hydroxylation is 4. The van der Waals surface area contributed by atoms with Gasteiger partial charge in [-0.25, -0.2) is 22.0 Å². The second-order valence-electron chi connectivity index (χ2n) is 41.4. The molecular weight excluding hydrogens is 1320 g/mol. The molecule has 570 valence electrons. The molecule has 6 fully saturated rings. The monoisotopic (exact) mass is 1450 g/mol. The van der Waals surface area contributed by atoms with Crippen LogP contribution in [-0.2, 0) is 0 Å². The van der Waals surface area contributed by atoms with Crippen LogP contribution in [0.25, 0.3) is 33.4 Å². The number of aliphatic hydroxyl groups is 1. The Morgan fingerprint density at radius 3 is 1.06 bits per heavy atom. The zero-order valence-corrected chi connectivity index (χ0v) is 68.9. The van der Waals surface area contributed by atoms with Crippen LogP contribution in [0.1, 0.15) is 218 Å². The number of halogens is 5. The third-order valence-electron chi connectivity index (χ3n) is 27.3. The van der Waals surface area contributed by atoms with Crippen molar-refractivity contribution in [1.82, 2.24) is 0 Å². The van der Waals surface area contributed by atoms with E-state index in [1.165, 1.54) is 65.3 Å². The summed E-state index contributed by atoms with van der Waals surface area (Å²) in [7, 11) is 0. The summed E-state index contributed by atoms with van der Waals surface area (Å²) in [5, 5.41) is 10.4. The van der Waals surface area contributed by atoms with Gasteiger partial charge in [0.15, 0.2) is 11.6 Å². The van der Waals surface area contributed by atoms with Crippen LogP contribution in [-0.4, -0.2) is 11.2 Å². The van der Waals surface area contributed by atoms with E-state index in [9.17, 15) is 27.1 Å². The smallest absolute Gasteiger partial charge is 0.166 e. The number of hydrogen-bond donors (Lipinski definition) is 1. The van der Waals surface area contributed by atoms with E-state index in [0.717, 1.165) is 106 Å². The van der Waals surface area contributed by atoms with Gasteiger partial charge in [-0.3, -0.25) is 0 Å². The summed E-state index contributed by atoms with van der Waals surface area (Å²) in [6, 6.07) is 40.3. The number of fused-ring (bicyclic) bond motifs is 6. The minimum absolute atomic E-state index is 0.0302. The Kier molecular flexibility index (Phi) is 21.0. The van der Waals surface area contributed by atoms with E-state index in [0.29, 0.717) is 96.9 Å². The van der Waals surface area contributed by atoms with E-state index in [1.807, 2.05) is 43.3 Å². The maximum Gasteiger partial charge on any atom is 0.166 e. The zero-order valence-electron chi connectivity index (χ0n) is 68.9. The summed E-state index contributed by atoms with van der Waals surface area (Å²) in [6.07, 6.45) is 19.4. The third-order valence-corrected chi connectivity index (χ3v) is 27.3. The summed E-state index contributed by atoms with van der Waals surface area (Å²) in [6.45, 7) is 50.9. The van der Waals surface area contributed by atoms with E-state index >= 15 is 0 Å². The van der Waals surface area contributed by atoms with Crippen LogP contribution in [0.4, 0.5) is 22.0 Å². The highest BCUT2D eigenvalue weighted by molar-refractivity contribution is 5.76. The van der Waals surface area contributed by atoms with Crippen LogP contribution >= 0.6 is 0 Å². The largest absolute Gasteiger partial charge is 0.388 e. The molecule has 19 unspecified atom stereocenters. The molecule has 0 heterocycles. The molecule has 0 amide bonds. The van der Waals surface area contributed by atoms with Gasteiger partial charge < -0.3 is 5.11 Å². The third kappa shape index (κ3) is 16.3. The number of benzene rings is 6. The standard InChI is InChI=1S/2C17H20F2.C17H21F.2C17H22.C16H20O/c1-9-14(18)7-11(8-15(9)19)10-5-12-13(6-10)16(12)17(2,3)4;1-9-5-6-11(16(19)15(9)18)10-7-12-13(8-10)14(12)17(2,3)4;1-10-6-5-7-12(16(10)18)11-8-13-14(9-11)15(13)17(2,3)4;1-11-5-7-12(8-6-11)13-9-14-15(10-13)16(14)17(2,3)4;1-11-6-5-7-12(8-11)13-9-14-15(10-13)16(14)17(2,3)4;1-16(2,3)14-12-9-11(15(17)13(12)14)10-7-5-4-6-8-10/h5,7-8,12-13,16H,6H2,1-4H3;5-7,12-14H,8H2,1-4H3;5-8,13-15H,9H2,1-4H3;2*5-9,14-16H,10H2,1-4H3;4-9,12-15,17H,1-3H3. The molecule has 12 aliphatic carbocycles. The SMILES string of the molecule is CC(C)(C)C1C2C=C(c3ccccc3)C(O)C21.Cc1c(F)cc(C2=CC3C(C2)C3C(C)(C)C)cc1F.Cc1ccc(C2=CC3C(C2)C3C(C)(C)C)c(F)c1F.Cc1ccc(C2=CC3C(C2)C3C(C)(C)C)cc1.Cc1cccc(C2=CC3C(C2)C3C(C)(C)C)c1.Cc1cccc(C2=CC3C(C2)C3C(C)(C)C)c1F. The predicted molar refractivity (Wildman–Crippen MR) is 439 cm³/mol. The first-order valence-corrected chi connectivity index (χ1v) is 40.7. The van der Waals surface area contributed by atoms with Crippen LogP contribution in [0.5, 0.6) is 0 Å². The molecule has 0 bridgehead atoms. The van der Waals surface area contributed by atoms with Crippen molar-refractivity contribution in [2.45, 2.75) is 197 Å². The molecule has 6 aromatic rings. The molecule has 1 N–H and O–H groups in total. The molecule has 0 aromatic heterocycles. The summed E-state index contributed by atoms with van der Waals surface area (Å²) in [5.41, 5.74) is 20.0. The lowest BCUT2D eigenvalue weighted by molar-refractivity contribution is 0.184. The van der Waals surface area contributed by atoms with E-state index < -0.39 is 23.3 Å². The van der Waals surface area contributed by atoms with Gasteiger partial charge in [0.05, 0.1) is 6.10 Å². The van der Waals surface area contributed by atoms with Crippen molar-refractivity contribution in [2.24, 2.45) is 139 Å². The lowest BCUT2D eigenvalue weighted by atomic mass is 9.84. The molecule has 6 heteroatoms. The van der Waals surface area contributed by atoms with Crippen molar-refractivity contribution in [1.29, 1.82) is 0 Å². The Morgan fingerprint density at radius 2 is 0.673 bits per heavy atom. The fourth-order valence-corrected chi connectivity index (χ4v) is 22.1. The van der Waals surface area contributed by atoms with Gasteiger partial charge in [-0.15, -0.1) is 0 Å². The Hall–Kier alpha value is -6.63. The number of hydrogen-bond acceptors (Lipinski definition) is 1. The molecule has 0 spiro atoms. The van der Waals surface area contributed by atoms with E-state index in [-0.39, 0.29) is 17.5 Å². The highest BCUT2D eigenvalue weighted by Gasteiger charge is 2.63. The average Bonchev–Trinajstić information content (AvgIpc) is 1.57. The highest BCUT2D eigenvalue weighted by atomic mass is 19.2. The van der Waals surface area contributed by atoms with E-state index in [4.69, 9.17) is 0 Å². The molecule has 6 aromatic carbocycles. The maximum atomic E-state index is 14.1. The normalized spacial score (nSPS) is 30.9. The summed E-state index contributed by atoms with van der Waals surface area (Å²) >= 11 is 0. The van der Waals surface area contributed by atoms with Gasteiger partial charge in [-0.05, 0) is 285 Å². The van der Waals surface area contributed by atoms with Crippen LogP contribution in [0, 0.1) is 203 Å². The van der Waals surface area contributed by atoms with Crippen molar-refractivity contribution in [2.75, 3.05) is 0 Å². The lowest BCUT2D eigenvalue weighted by Crippen LogP contribution is -2.18. The van der Waals surface area contributed by atoms with Gasteiger partial charge in [-0.1, -0.05) is 281 Å². The second-order valence-corrected chi connectivity index (χ2v) is 41.4. The Morgan fingerprint density at radius 1 is 0.299 bits per heavy atom. The number of rotatable bonds is 6. The lowest BCUT2D eigenvalue weighted by Gasteiger charge is -2.22. The molecule has 1 nitrogen and oxygen atoms in total. The van der Waals surface area contributed by atoms with Crippen LogP contribution < -0.4 is 0 Å². The minimum Gasteiger partial charge on any atom is -0.388 e. The summed E-state index contributed by atoms with van der Waals surface area (Å²) in [4.78, 5) is 0. The highest BCUT2D eigenvalue weighted by Crippen LogP contribution is 2.69. The fourth-order valence-electron chi connectivity index (χ4n) is 22.1. The molecule has 0 radical (unpaired) electrons. The first kappa shape index (κ1) is 78.5. The molecule has 107 heavy (non-hydrogen) atoms. The van der Waals surface area contributed by atoms with Crippen molar-refractivity contribution >= 4 is 33.4 Å². The Bertz CT molecular complexity index is 4500. The number of allylic oxidation sites excluding steroid dienone is 11. The van der Waals surface area contributed by atoms with Crippen LogP contribution in [0.2, 0.25) is 0 Å². The van der Waals surface area contributed by atoms with Crippen LogP contribution in [0.3, 0.4) is 0 Å². The summed E-state index contributed by atoms with van der Waals surface area (Å²) < 4.78 is 68.9. The van der Waals surface area contributed by atoms with Gasteiger partial charge in [-0.2, -0.15) is 0 Å². The van der Waals surface area contributed by atoms with Crippen molar-refractivity contribution in [3.8, 4) is 0 Å². The number of aliphatic hydroxyl groups excluding tert-OH is 1. The molecule has 18 rings (SSSR count). The van der Waals surface area contributed by atoms with Crippen molar-refractivity contribution in [3.05, 3.63) is 248 Å². The van der Waals surface area contributed by atoms with Gasteiger partial charge in [0, 0.05) is 16.7 Å². The molecule has 19 atom stereocenters. The topological polar surface area (TPSA) is 20.2 Å². The van der Waals surface area contributed by atoms with Gasteiger partial charge in [0.1, 0.15) is 17.5 Å². The first-order valence-electron chi connectivity index (χ1n) is 40.7. The first-order chi connectivity index (χ1) is 49.9. The second kappa shape index (κ2) is 28.6. The quantitative estimate of drug-likeness (QED) is 0.165. The van der Waals surface area contributed by atoms with Gasteiger partial charge >= 0.3 is 0 Å². The fraction of sp³-hybridized carbons (Fsp3) is 0.525.